The Hall–Kier alpha value is -1.39. The van der Waals surface area contributed by atoms with Crippen LogP contribution in [0.3, 0.4) is 0 Å². The molecule has 0 unspecified atom stereocenters. The minimum Gasteiger partial charge on any atom is -0.392 e. The average molecular weight is 262 g/mol. The van der Waals surface area contributed by atoms with Crippen LogP contribution in [0.2, 0.25) is 0 Å². The summed E-state index contributed by atoms with van der Waals surface area (Å²) in [5.41, 5.74) is 2.39. The van der Waals surface area contributed by atoms with Crippen LogP contribution in [-0.2, 0) is 17.9 Å². The van der Waals surface area contributed by atoms with E-state index >= 15 is 0 Å². The van der Waals surface area contributed by atoms with E-state index < -0.39 is 0 Å². The summed E-state index contributed by atoms with van der Waals surface area (Å²) in [7, 11) is 0. The summed E-state index contributed by atoms with van der Waals surface area (Å²) in [5.74, 6) is 0.0754. The average Bonchev–Trinajstić information content (AvgIpc) is 2.83. The van der Waals surface area contributed by atoms with Crippen LogP contribution >= 0.6 is 0 Å². The van der Waals surface area contributed by atoms with Crippen molar-refractivity contribution < 1.29 is 9.90 Å². The molecule has 1 aromatic rings. The molecule has 0 bridgehead atoms. The van der Waals surface area contributed by atoms with Crippen molar-refractivity contribution in [2.24, 2.45) is 0 Å². The van der Waals surface area contributed by atoms with Crippen molar-refractivity contribution in [3.8, 4) is 0 Å². The van der Waals surface area contributed by atoms with E-state index in [-0.39, 0.29) is 12.0 Å². The number of aliphatic hydroxyl groups is 1. The first-order valence-electron chi connectivity index (χ1n) is 6.93. The van der Waals surface area contributed by atoms with Crippen LogP contribution in [0, 0.1) is 0 Å². The van der Waals surface area contributed by atoms with Gasteiger partial charge in [-0.25, -0.2) is 0 Å². The van der Waals surface area contributed by atoms with E-state index in [0.29, 0.717) is 13.0 Å². The first-order chi connectivity index (χ1) is 9.19. The summed E-state index contributed by atoms with van der Waals surface area (Å²) in [4.78, 5) is 13.6. The molecule has 4 heteroatoms. The van der Waals surface area contributed by atoms with Gasteiger partial charge in [0.2, 0.25) is 5.91 Å². The summed E-state index contributed by atoms with van der Waals surface area (Å²) in [6, 6.07) is 8.17. The summed E-state index contributed by atoms with van der Waals surface area (Å²) in [6.45, 7) is 4.97. The number of nitrogens with zero attached hydrogens (tertiary/aromatic N) is 1. The Labute approximate surface area is 114 Å². The molecule has 0 aliphatic carbocycles. The molecule has 1 fully saturated rings. The van der Waals surface area contributed by atoms with Gasteiger partial charge in [0.1, 0.15) is 0 Å². The van der Waals surface area contributed by atoms with Crippen molar-refractivity contribution in [3.05, 3.63) is 35.4 Å². The maximum Gasteiger partial charge on any atom is 0.219 e. The molecular weight excluding hydrogens is 240 g/mol. The Morgan fingerprint density at radius 3 is 2.79 bits per heavy atom. The van der Waals surface area contributed by atoms with Crippen LogP contribution in [0.4, 0.5) is 0 Å². The van der Waals surface area contributed by atoms with E-state index in [2.05, 4.69) is 22.3 Å². The first-order valence-corrected chi connectivity index (χ1v) is 6.93. The SMILES string of the molecule is CCC(=O)NCc1ccccc1CN1CC[C@@H](O)C1. The lowest BCUT2D eigenvalue weighted by Gasteiger charge is -2.18. The number of benzene rings is 1. The molecule has 1 heterocycles. The van der Waals surface area contributed by atoms with Crippen LogP contribution in [0.5, 0.6) is 0 Å². The van der Waals surface area contributed by atoms with Crippen molar-refractivity contribution in [3.63, 3.8) is 0 Å². The first kappa shape index (κ1) is 14.0. The van der Waals surface area contributed by atoms with Gasteiger partial charge in [-0.2, -0.15) is 0 Å². The second-order valence-corrected chi connectivity index (χ2v) is 5.08. The third-order valence-electron chi connectivity index (χ3n) is 3.56. The molecular formula is C15H22N2O2. The van der Waals surface area contributed by atoms with Gasteiger partial charge in [0, 0.05) is 32.6 Å². The second kappa shape index (κ2) is 6.68. The zero-order valence-corrected chi connectivity index (χ0v) is 11.4. The highest BCUT2D eigenvalue weighted by molar-refractivity contribution is 5.75. The fourth-order valence-electron chi connectivity index (χ4n) is 2.40. The number of carbonyl (C=O) groups excluding carboxylic acids is 1. The van der Waals surface area contributed by atoms with Crippen LogP contribution < -0.4 is 5.32 Å². The van der Waals surface area contributed by atoms with E-state index in [1.807, 2.05) is 19.1 Å². The molecule has 0 radical (unpaired) electrons. The van der Waals surface area contributed by atoms with E-state index in [1.54, 1.807) is 0 Å². The number of aliphatic hydroxyl groups excluding tert-OH is 1. The molecule has 2 N–H and O–H groups in total. The predicted molar refractivity (Wildman–Crippen MR) is 74.5 cm³/mol. The number of nitrogens with one attached hydrogen (secondary N) is 1. The lowest BCUT2D eigenvalue weighted by Crippen LogP contribution is -2.25. The molecule has 1 atom stereocenters. The molecule has 2 rings (SSSR count). The van der Waals surface area contributed by atoms with Crippen molar-refractivity contribution in [1.82, 2.24) is 10.2 Å². The zero-order chi connectivity index (χ0) is 13.7. The number of rotatable bonds is 5. The standard InChI is InChI=1S/C15H22N2O2/c1-2-15(19)16-9-12-5-3-4-6-13(12)10-17-8-7-14(18)11-17/h3-6,14,18H,2,7-11H2,1H3,(H,16,19)/t14-/m1/s1. The van der Waals surface area contributed by atoms with Crippen molar-refractivity contribution in [2.45, 2.75) is 39.0 Å². The summed E-state index contributed by atoms with van der Waals surface area (Å²) >= 11 is 0. The molecule has 1 aliphatic heterocycles. The number of β-amino-alcohol motifs (C(OH)–C–C–N with tert-alkyl or cyclic N) is 1. The Morgan fingerprint density at radius 2 is 2.16 bits per heavy atom. The van der Waals surface area contributed by atoms with Gasteiger partial charge < -0.3 is 10.4 Å². The lowest BCUT2D eigenvalue weighted by molar-refractivity contribution is -0.120. The van der Waals surface area contributed by atoms with E-state index in [4.69, 9.17) is 0 Å². The van der Waals surface area contributed by atoms with Gasteiger partial charge in [0.25, 0.3) is 0 Å². The van der Waals surface area contributed by atoms with Crippen molar-refractivity contribution >= 4 is 5.91 Å². The highest BCUT2D eigenvalue weighted by atomic mass is 16.3. The Morgan fingerprint density at radius 1 is 1.42 bits per heavy atom. The molecule has 4 nitrogen and oxygen atoms in total. The maximum atomic E-state index is 11.3. The van der Waals surface area contributed by atoms with Gasteiger partial charge >= 0.3 is 0 Å². The molecule has 19 heavy (non-hydrogen) atoms. The Balaban J connectivity index is 1.97. The van der Waals surface area contributed by atoms with Gasteiger partial charge in [-0.3, -0.25) is 9.69 Å². The van der Waals surface area contributed by atoms with Crippen molar-refractivity contribution in [2.75, 3.05) is 13.1 Å². The minimum absolute atomic E-state index is 0.0754. The lowest BCUT2D eigenvalue weighted by atomic mass is 10.1. The van der Waals surface area contributed by atoms with E-state index in [1.165, 1.54) is 5.56 Å². The van der Waals surface area contributed by atoms with Gasteiger partial charge in [-0.05, 0) is 17.5 Å². The van der Waals surface area contributed by atoms with E-state index in [0.717, 1.165) is 31.6 Å². The fourth-order valence-corrected chi connectivity index (χ4v) is 2.40. The normalized spacial score (nSPS) is 19.6. The molecule has 104 valence electrons. The number of hydrogen-bond donors (Lipinski definition) is 2. The Bertz CT molecular complexity index is 434. The summed E-state index contributed by atoms with van der Waals surface area (Å²) < 4.78 is 0. The summed E-state index contributed by atoms with van der Waals surface area (Å²) in [5, 5.41) is 12.5. The van der Waals surface area contributed by atoms with Gasteiger partial charge in [-0.1, -0.05) is 31.2 Å². The smallest absolute Gasteiger partial charge is 0.219 e. The molecule has 1 aromatic carbocycles. The highest BCUT2D eigenvalue weighted by Crippen LogP contribution is 2.16. The minimum atomic E-state index is -0.188. The topological polar surface area (TPSA) is 52.6 Å². The monoisotopic (exact) mass is 262 g/mol. The third kappa shape index (κ3) is 4.04. The van der Waals surface area contributed by atoms with Gasteiger partial charge in [-0.15, -0.1) is 0 Å². The number of likely N-dealkylation sites (tertiary alicyclic amines) is 1. The van der Waals surface area contributed by atoms with Gasteiger partial charge in [0.15, 0.2) is 0 Å². The number of carbonyl (C=O) groups is 1. The van der Waals surface area contributed by atoms with E-state index in [9.17, 15) is 9.90 Å². The third-order valence-corrected chi connectivity index (χ3v) is 3.56. The van der Waals surface area contributed by atoms with Gasteiger partial charge in [0.05, 0.1) is 6.10 Å². The molecule has 1 amide bonds. The zero-order valence-electron chi connectivity index (χ0n) is 11.4. The largest absolute Gasteiger partial charge is 0.392 e. The van der Waals surface area contributed by atoms with Crippen LogP contribution in [-0.4, -0.2) is 35.1 Å². The molecule has 1 aliphatic rings. The molecule has 0 saturated carbocycles. The maximum absolute atomic E-state index is 11.3. The molecule has 0 aromatic heterocycles. The number of amides is 1. The quantitative estimate of drug-likeness (QED) is 0.840. The molecule has 1 saturated heterocycles. The second-order valence-electron chi connectivity index (χ2n) is 5.08. The Kier molecular flexibility index (Phi) is 4.93. The number of hydrogen-bond acceptors (Lipinski definition) is 3. The molecule has 0 spiro atoms. The highest BCUT2D eigenvalue weighted by Gasteiger charge is 2.20. The van der Waals surface area contributed by atoms with Crippen LogP contribution in [0.15, 0.2) is 24.3 Å². The van der Waals surface area contributed by atoms with Crippen LogP contribution in [0.25, 0.3) is 0 Å². The van der Waals surface area contributed by atoms with Crippen molar-refractivity contribution in [1.29, 1.82) is 0 Å². The predicted octanol–water partition coefficient (Wildman–Crippen LogP) is 1.28. The fraction of sp³-hybridized carbons (Fsp3) is 0.533. The summed E-state index contributed by atoms with van der Waals surface area (Å²) in [6.07, 6.45) is 1.18. The van der Waals surface area contributed by atoms with Crippen LogP contribution in [0.1, 0.15) is 30.9 Å².